The van der Waals surface area contributed by atoms with Crippen LogP contribution in [0.25, 0.3) is 0 Å². The van der Waals surface area contributed by atoms with Crippen molar-refractivity contribution in [3.63, 3.8) is 0 Å². The van der Waals surface area contributed by atoms with Crippen molar-refractivity contribution in [1.82, 2.24) is 10.6 Å². The summed E-state index contributed by atoms with van der Waals surface area (Å²) in [6, 6.07) is 0. The van der Waals surface area contributed by atoms with Crippen LogP contribution in [0.1, 0.15) is 0 Å². The molecule has 3 N–H and O–H groups in total. The smallest absolute Gasteiger partial charge is 0.382 e. The first-order chi connectivity index (χ1) is 9.40. The third kappa shape index (κ3) is 2.42. The summed E-state index contributed by atoms with van der Waals surface area (Å²) in [5, 5.41) is 19.7. The van der Waals surface area contributed by atoms with Crippen LogP contribution in [-0.2, 0) is 19.2 Å². The molecule has 0 spiro atoms. The van der Waals surface area contributed by atoms with Gasteiger partial charge in [-0.05, 0) is 18.2 Å². The van der Waals surface area contributed by atoms with Crippen LogP contribution in [0.2, 0.25) is 0 Å². The second kappa shape index (κ2) is 4.97. The molecule has 0 saturated carbocycles. The van der Waals surface area contributed by atoms with Crippen LogP contribution in [0.3, 0.4) is 0 Å². The van der Waals surface area contributed by atoms with Crippen LogP contribution in [0.5, 0.6) is 0 Å². The number of carbonyl (C=O) groups is 3. The van der Waals surface area contributed by atoms with Crippen molar-refractivity contribution in [3.05, 3.63) is 35.4 Å². The predicted molar refractivity (Wildman–Crippen MR) is 63.9 cm³/mol. The summed E-state index contributed by atoms with van der Waals surface area (Å²) in [6.45, 7) is 0. The Hall–Kier alpha value is -2.94. The van der Waals surface area contributed by atoms with E-state index in [9.17, 15) is 19.5 Å². The van der Waals surface area contributed by atoms with Crippen molar-refractivity contribution in [3.8, 4) is 0 Å². The van der Waals surface area contributed by atoms with E-state index in [1.165, 1.54) is 13.1 Å². The quantitative estimate of drug-likeness (QED) is 0.260. The number of ketones is 1. The van der Waals surface area contributed by atoms with E-state index in [-0.39, 0.29) is 11.4 Å². The lowest BCUT2D eigenvalue weighted by molar-refractivity contribution is -0.142. The van der Waals surface area contributed by atoms with Crippen LogP contribution in [0.4, 0.5) is 0 Å². The number of carbonyl (C=O) groups excluding carboxylic acids is 2. The van der Waals surface area contributed by atoms with Crippen molar-refractivity contribution in [2.24, 2.45) is 4.99 Å². The SMILES string of the molecule is CN1NOC(=O)/C1=C(O)\N=C1\C=CC(=O)C(C(=O)O)=C1. The molecule has 9 nitrogen and oxygen atoms in total. The third-order valence-corrected chi connectivity index (χ3v) is 2.44. The van der Waals surface area contributed by atoms with Crippen LogP contribution in [0.15, 0.2) is 40.4 Å². The van der Waals surface area contributed by atoms with Crippen molar-refractivity contribution in [2.45, 2.75) is 0 Å². The fraction of sp³-hybridized carbons (Fsp3) is 0.0909. The molecule has 2 aliphatic rings. The number of aliphatic hydroxyl groups is 1. The second-order valence-electron chi connectivity index (χ2n) is 3.81. The molecule has 0 aromatic carbocycles. The Morgan fingerprint density at radius 3 is 2.60 bits per heavy atom. The lowest BCUT2D eigenvalue weighted by Gasteiger charge is -2.08. The maximum absolute atomic E-state index is 11.3. The number of aliphatic imine (C=N–C) groups is 1. The zero-order chi connectivity index (χ0) is 14.9. The minimum Gasteiger partial charge on any atom is -0.492 e. The summed E-state index contributed by atoms with van der Waals surface area (Å²) in [5.74, 6) is -3.59. The largest absolute Gasteiger partial charge is 0.492 e. The number of nitrogens with one attached hydrogen (secondary N) is 1. The normalized spacial score (nSPS) is 22.9. The van der Waals surface area contributed by atoms with E-state index < -0.39 is 29.2 Å². The number of carboxylic acid groups (broad SMARTS) is 1. The number of aliphatic carboxylic acids is 1. The van der Waals surface area contributed by atoms with Gasteiger partial charge in [-0.1, -0.05) is 5.59 Å². The van der Waals surface area contributed by atoms with Gasteiger partial charge < -0.3 is 15.1 Å². The lowest BCUT2D eigenvalue weighted by Crippen LogP contribution is -2.24. The van der Waals surface area contributed by atoms with Gasteiger partial charge in [0, 0.05) is 7.05 Å². The molecule has 1 heterocycles. The number of allylic oxidation sites excluding steroid dienone is 3. The first-order valence-corrected chi connectivity index (χ1v) is 5.30. The fourth-order valence-corrected chi connectivity index (χ4v) is 1.51. The molecule has 1 aliphatic carbocycles. The van der Waals surface area contributed by atoms with Gasteiger partial charge in [-0.2, -0.15) is 0 Å². The minimum atomic E-state index is -1.40. The highest BCUT2D eigenvalue weighted by Gasteiger charge is 2.29. The summed E-state index contributed by atoms with van der Waals surface area (Å²) >= 11 is 0. The molecule has 0 aromatic rings. The highest BCUT2D eigenvalue weighted by atomic mass is 16.7. The number of carboxylic acids is 1. The number of hydrazine groups is 1. The van der Waals surface area contributed by atoms with E-state index in [0.717, 1.165) is 17.2 Å². The third-order valence-electron chi connectivity index (χ3n) is 2.44. The van der Waals surface area contributed by atoms with E-state index in [1.54, 1.807) is 0 Å². The molecule has 20 heavy (non-hydrogen) atoms. The molecule has 0 aromatic heterocycles. The van der Waals surface area contributed by atoms with E-state index in [2.05, 4.69) is 15.4 Å². The zero-order valence-electron chi connectivity index (χ0n) is 10.2. The van der Waals surface area contributed by atoms with Gasteiger partial charge in [0.25, 0.3) is 0 Å². The molecule has 1 fully saturated rings. The first-order valence-electron chi connectivity index (χ1n) is 5.30. The van der Waals surface area contributed by atoms with Crippen molar-refractivity contribution >= 4 is 23.4 Å². The highest BCUT2D eigenvalue weighted by Crippen LogP contribution is 2.15. The monoisotopic (exact) mass is 279 g/mol. The summed E-state index contributed by atoms with van der Waals surface area (Å²) < 4.78 is 0. The standard InChI is InChI=1S/C11H9N3O6/c1-14-8(11(19)20-13-14)9(16)12-5-2-3-7(15)6(4-5)10(17)18/h2-4,13,16H,1H3,(H,17,18)/b9-8-,12-5-. The molecule has 1 saturated heterocycles. The summed E-state index contributed by atoms with van der Waals surface area (Å²) in [6.07, 6.45) is 3.23. The van der Waals surface area contributed by atoms with Crippen LogP contribution in [0, 0.1) is 0 Å². The number of hydrogen-bond acceptors (Lipinski definition) is 8. The predicted octanol–water partition coefficient (Wildman–Crippen LogP) is -0.787. The second-order valence-corrected chi connectivity index (χ2v) is 3.81. The van der Waals surface area contributed by atoms with Crippen molar-refractivity contribution in [2.75, 3.05) is 7.05 Å². The molecule has 1 aliphatic heterocycles. The molecule has 0 bridgehead atoms. The van der Waals surface area contributed by atoms with Gasteiger partial charge >= 0.3 is 11.9 Å². The minimum absolute atomic E-state index is 0.0140. The van der Waals surface area contributed by atoms with Gasteiger partial charge in [-0.15, -0.1) is 0 Å². The number of nitrogens with zero attached hydrogens (tertiary/aromatic N) is 2. The number of hydrogen-bond donors (Lipinski definition) is 3. The summed E-state index contributed by atoms with van der Waals surface area (Å²) in [5.41, 5.74) is 1.48. The Bertz CT molecular complexity index is 628. The molecule has 104 valence electrons. The average molecular weight is 279 g/mol. The molecule has 0 radical (unpaired) electrons. The van der Waals surface area contributed by atoms with Gasteiger partial charge in [0.15, 0.2) is 5.78 Å². The fourth-order valence-electron chi connectivity index (χ4n) is 1.51. The van der Waals surface area contributed by atoms with Crippen molar-refractivity contribution in [1.29, 1.82) is 0 Å². The zero-order valence-corrected chi connectivity index (χ0v) is 10.2. The van der Waals surface area contributed by atoms with Crippen LogP contribution in [-0.4, -0.2) is 45.7 Å². The van der Waals surface area contributed by atoms with Crippen LogP contribution < -0.4 is 5.59 Å². The molecule has 2 rings (SSSR count). The molecular weight excluding hydrogens is 270 g/mol. The number of likely N-dealkylation sites (N-methyl/N-ethyl adjacent to an activating group) is 1. The average Bonchev–Trinajstić information content (AvgIpc) is 2.71. The Labute approximate surface area is 112 Å². The summed E-state index contributed by atoms with van der Waals surface area (Å²) in [7, 11) is 1.41. The van der Waals surface area contributed by atoms with E-state index in [0.29, 0.717) is 0 Å². The van der Waals surface area contributed by atoms with Crippen molar-refractivity contribution < 1.29 is 29.4 Å². The number of aliphatic hydroxyl groups excluding tert-OH is 1. The maximum Gasteiger partial charge on any atom is 0.382 e. The maximum atomic E-state index is 11.3. The van der Waals surface area contributed by atoms with Gasteiger partial charge in [-0.25, -0.2) is 14.6 Å². The Morgan fingerprint density at radius 2 is 2.05 bits per heavy atom. The van der Waals surface area contributed by atoms with Crippen LogP contribution >= 0.6 is 0 Å². The van der Waals surface area contributed by atoms with Gasteiger partial charge in [0.1, 0.15) is 5.57 Å². The molecule has 9 heteroatoms. The summed E-state index contributed by atoms with van der Waals surface area (Å²) in [4.78, 5) is 41.5. The Balaban J connectivity index is 2.39. The molecular formula is C11H9N3O6. The van der Waals surface area contributed by atoms with E-state index >= 15 is 0 Å². The van der Waals surface area contributed by atoms with Gasteiger partial charge in [-0.3, -0.25) is 9.80 Å². The Morgan fingerprint density at radius 1 is 1.35 bits per heavy atom. The molecule has 0 amide bonds. The van der Waals surface area contributed by atoms with Gasteiger partial charge in [0.2, 0.25) is 11.6 Å². The van der Waals surface area contributed by atoms with E-state index in [1.807, 2.05) is 0 Å². The lowest BCUT2D eigenvalue weighted by atomic mass is 10.0. The highest BCUT2D eigenvalue weighted by molar-refractivity contribution is 6.29. The molecule has 0 atom stereocenters. The van der Waals surface area contributed by atoms with E-state index in [4.69, 9.17) is 5.11 Å². The first kappa shape index (κ1) is 13.5. The molecule has 0 unspecified atom stereocenters. The van der Waals surface area contributed by atoms with Gasteiger partial charge in [0.05, 0.1) is 5.71 Å². The topological polar surface area (TPSA) is 129 Å². The Kier molecular flexibility index (Phi) is 3.36. The number of rotatable bonds is 2.